The highest BCUT2D eigenvalue weighted by atomic mass is 19.3. The molecule has 0 saturated heterocycles. The van der Waals surface area contributed by atoms with Crippen molar-refractivity contribution < 1.29 is 23.0 Å². The minimum atomic E-state index is -3.14. The molecule has 2 rings (SSSR count). The summed E-state index contributed by atoms with van der Waals surface area (Å²) >= 11 is 0. The molecule has 2 N–H and O–H groups in total. The van der Waals surface area contributed by atoms with Gasteiger partial charge in [-0.1, -0.05) is 6.58 Å². The Morgan fingerprint density at radius 3 is 2.62 bits per heavy atom. The lowest BCUT2D eigenvalue weighted by molar-refractivity contribution is -0.00717. The van der Waals surface area contributed by atoms with Gasteiger partial charge in [-0.3, -0.25) is 4.79 Å². The third-order valence-electron chi connectivity index (χ3n) is 4.59. The predicted molar refractivity (Wildman–Crippen MR) is 117 cm³/mol. The summed E-state index contributed by atoms with van der Waals surface area (Å²) in [6.07, 6.45) is 1.48. The summed E-state index contributed by atoms with van der Waals surface area (Å²) in [6.45, 7) is 9.92. The second-order valence-corrected chi connectivity index (χ2v) is 7.50. The maximum Gasteiger partial charge on any atom is 0.302 e. The Bertz CT molecular complexity index is 969. The molecule has 8 nitrogen and oxygen atoms in total. The van der Waals surface area contributed by atoms with Gasteiger partial charge in [-0.15, -0.1) is 0 Å². The van der Waals surface area contributed by atoms with Crippen molar-refractivity contribution in [2.45, 2.75) is 39.7 Å². The summed E-state index contributed by atoms with van der Waals surface area (Å²) in [5, 5.41) is 5.86. The molecule has 0 saturated carbocycles. The van der Waals surface area contributed by atoms with E-state index in [9.17, 15) is 13.6 Å². The van der Waals surface area contributed by atoms with Gasteiger partial charge in [-0.2, -0.15) is 8.78 Å². The second kappa shape index (κ2) is 10.9. The van der Waals surface area contributed by atoms with Crippen molar-refractivity contribution in [3.05, 3.63) is 53.0 Å². The number of pyridine rings is 1. The van der Waals surface area contributed by atoms with E-state index in [1.807, 2.05) is 0 Å². The van der Waals surface area contributed by atoms with Gasteiger partial charge in [0.05, 0.1) is 12.6 Å². The van der Waals surface area contributed by atoms with Gasteiger partial charge in [-0.05, 0) is 51.0 Å². The molecule has 1 amide bonds. The second-order valence-electron chi connectivity index (χ2n) is 7.50. The molecular formula is C22H29F2N5O3. The van der Waals surface area contributed by atoms with Crippen LogP contribution in [0.25, 0.3) is 0 Å². The molecular weight excluding hydrogens is 420 g/mol. The van der Waals surface area contributed by atoms with E-state index in [-0.39, 0.29) is 23.1 Å². The molecule has 2 heterocycles. The Labute approximate surface area is 186 Å². The van der Waals surface area contributed by atoms with Crippen LogP contribution in [-0.4, -0.2) is 53.6 Å². The number of hydrogen-bond acceptors (Lipinski definition) is 7. The molecule has 0 aliphatic heterocycles. The van der Waals surface area contributed by atoms with E-state index in [1.165, 1.54) is 13.1 Å². The van der Waals surface area contributed by atoms with Gasteiger partial charge in [0.25, 0.3) is 5.91 Å². The molecule has 32 heavy (non-hydrogen) atoms. The van der Waals surface area contributed by atoms with Gasteiger partial charge in [0.1, 0.15) is 5.69 Å². The van der Waals surface area contributed by atoms with Crippen LogP contribution < -0.4 is 15.4 Å². The number of rotatable bonds is 11. The van der Waals surface area contributed by atoms with Gasteiger partial charge in [0.2, 0.25) is 11.8 Å². The minimum absolute atomic E-state index is 0.103. The van der Waals surface area contributed by atoms with Crippen LogP contribution >= 0.6 is 0 Å². The first-order valence-corrected chi connectivity index (χ1v) is 10.1. The number of hydrogen-bond donors (Lipinski definition) is 2. The topological polar surface area (TPSA) is 98.3 Å². The van der Waals surface area contributed by atoms with E-state index in [1.54, 1.807) is 40.0 Å². The molecule has 174 valence electrons. The molecule has 1 unspecified atom stereocenters. The highest BCUT2D eigenvalue weighted by Gasteiger charge is 2.31. The van der Waals surface area contributed by atoms with Crippen LogP contribution in [0, 0.1) is 13.8 Å². The zero-order valence-corrected chi connectivity index (χ0v) is 19.0. The lowest BCUT2D eigenvalue weighted by atomic mass is 10.1. The molecule has 0 aromatic carbocycles. The highest BCUT2D eigenvalue weighted by molar-refractivity contribution is 5.92. The average molecular weight is 450 g/mol. The maximum absolute atomic E-state index is 13.7. The number of methoxy groups -OCH3 is 1. The normalized spacial score (nSPS) is 12.2. The molecule has 1 atom stereocenters. The number of nitrogens with zero attached hydrogens (tertiary/aromatic N) is 3. The largest absolute Gasteiger partial charge is 0.471 e. The number of nitrogens with one attached hydrogen (secondary N) is 2. The van der Waals surface area contributed by atoms with Gasteiger partial charge >= 0.3 is 5.92 Å². The first-order valence-electron chi connectivity index (χ1n) is 10.1. The Hall–Kier alpha value is -3.14. The lowest BCUT2D eigenvalue weighted by Crippen LogP contribution is -2.28. The van der Waals surface area contributed by atoms with Crippen LogP contribution in [0.15, 0.2) is 30.5 Å². The van der Waals surface area contributed by atoms with E-state index in [0.717, 1.165) is 0 Å². The van der Waals surface area contributed by atoms with Crippen LogP contribution in [0.1, 0.15) is 47.2 Å². The van der Waals surface area contributed by atoms with Crippen LogP contribution in [0.5, 0.6) is 5.88 Å². The van der Waals surface area contributed by atoms with Crippen LogP contribution in [0.3, 0.4) is 0 Å². The number of alkyl halides is 2. The number of carbonyl (C=O) groups is 1. The van der Waals surface area contributed by atoms with Crippen molar-refractivity contribution >= 4 is 11.9 Å². The fourth-order valence-corrected chi connectivity index (χ4v) is 2.64. The first-order chi connectivity index (χ1) is 15.0. The molecule has 2 aromatic heterocycles. The molecule has 0 aliphatic rings. The van der Waals surface area contributed by atoms with Gasteiger partial charge in [0.15, 0.2) is 6.61 Å². The van der Waals surface area contributed by atoms with Gasteiger partial charge in [0, 0.05) is 31.1 Å². The molecule has 10 heteroatoms. The smallest absolute Gasteiger partial charge is 0.302 e. The maximum atomic E-state index is 13.7. The molecule has 0 bridgehead atoms. The first kappa shape index (κ1) is 25.1. The fraction of sp³-hybridized carbons (Fsp3) is 0.455. The van der Waals surface area contributed by atoms with Crippen molar-refractivity contribution in [1.82, 2.24) is 20.3 Å². The molecule has 0 radical (unpaired) electrons. The number of anilines is 1. The monoisotopic (exact) mass is 449 g/mol. The van der Waals surface area contributed by atoms with E-state index in [2.05, 4.69) is 32.2 Å². The average Bonchev–Trinajstić information content (AvgIpc) is 2.72. The summed E-state index contributed by atoms with van der Waals surface area (Å²) in [5.41, 5.74) is 1.85. The minimum Gasteiger partial charge on any atom is -0.471 e. The summed E-state index contributed by atoms with van der Waals surface area (Å²) in [7, 11) is 1.59. The van der Waals surface area contributed by atoms with Crippen molar-refractivity contribution in [2.24, 2.45) is 0 Å². The van der Waals surface area contributed by atoms with Crippen LogP contribution in [-0.2, 0) is 4.74 Å². The van der Waals surface area contributed by atoms with E-state index in [4.69, 9.17) is 9.47 Å². The standard InChI is InChI=1S/C22H29F2N5O3/c1-13(2)22(23,24)12-32-20-14(3)9-17(11-26-20)16(5)28-19(30)18-10-15(4)27-21(29-18)25-7-8-31-6/h9-11,16H,1,7-8,12H2,2-6H3,(H,28,30)(H,25,27,29). The lowest BCUT2D eigenvalue weighted by Gasteiger charge is -2.19. The number of halogens is 2. The van der Waals surface area contributed by atoms with Gasteiger partial charge < -0.3 is 20.1 Å². The van der Waals surface area contributed by atoms with Gasteiger partial charge in [-0.25, -0.2) is 15.0 Å². The van der Waals surface area contributed by atoms with Crippen molar-refractivity contribution in [1.29, 1.82) is 0 Å². The van der Waals surface area contributed by atoms with Crippen molar-refractivity contribution in [3.63, 3.8) is 0 Å². The zero-order chi connectivity index (χ0) is 23.9. The van der Waals surface area contributed by atoms with E-state index < -0.39 is 18.6 Å². The predicted octanol–water partition coefficient (Wildman–Crippen LogP) is 3.63. The van der Waals surface area contributed by atoms with E-state index >= 15 is 0 Å². The molecule has 0 fully saturated rings. The Morgan fingerprint density at radius 2 is 2.00 bits per heavy atom. The summed E-state index contributed by atoms with van der Waals surface area (Å²) in [6, 6.07) is 2.92. The number of ether oxygens (including phenoxy) is 2. The van der Waals surface area contributed by atoms with Crippen LogP contribution in [0.4, 0.5) is 14.7 Å². The van der Waals surface area contributed by atoms with E-state index in [0.29, 0.717) is 35.9 Å². The van der Waals surface area contributed by atoms with Crippen LogP contribution in [0.2, 0.25) is 0 Å². The summed E-state index contributed by atoms with van der Waals surface area (Å²) < 4.78 is 37.6. The number of aryl methyl sites for hydroxylation is 2. The van der Waals surface area contributed by atoms with Crippen molar-refractivity contribution in [3.8, 4) is 5.88 Å². The Kier molecular flexibility index (Phi) is 8.59. The SMILES string of the molecule is C=C(C)C(F)(F)COc1ncc(C(C)NC(=O)c2cc(C)nc(NCCOC)n2)cc1C. The number of aromatic nitrogens is 3. The molecule has 2 aromatic rings. The van der Waals surface area contributed by atoms with Crippen molar-refractivity contribution in [2.75, 3.05) is 32.2 Å². The Morgan fingerprint density at radius 1 is 1.28 bits per heavy atom. The fourth-order valence-electron chi connectivity index (χ4n) is 2.64. The molecule has 0 aliphatic carbocycles. The third kappa shape index (κ3) is 6.94. The third-order valence-corrected chi connectivity index (χ3v) is 4.59. The quantitative estimate of drug-likeness (QED) is 0.399. The number of amides is 1. The summed E-state index contributed by atoms with van der Waals surface area (Å²) in [4.78, 5) is 25.3. The zero-order valence-electron chi connectivity index (χ0n) is 19.0. The Balaban J connectivity index is 2.06. The summed E-state index contributed by atoms with van der Waals surface area (Å²) in [5.74, 6) is -3.07. The number of carbonyl (C=O) groups excluding carboxylic acids is 1. The highest BCUT2D eigenvalue weighted by Crippen LogP contribution is 2.25. The molecule has 0 spiro atoms.